The van der Waals surface area contributed by atoms with E-state index >= 15 is 0 Å². The van der Waals surface area contributed by atoms with Gasteiger partial charge in [-0.3, -0.25) is 9.69 Å². The van der Waals surface area contributed by atoms with E-state index in [1.165, 1.54) is 9.75 Å². The van der Waals surface area contributed by atoms with Crippen LogP contribution in [0.2, 0.25) is 0 Å². The molecule has 0 aromatic carbocycles. The van der Waals surface area contributed by atoms with Crippen molar-refractivity contribution in [3.8, 4) is 0 Å². The molecule has 1 saturated heterocycles. The van der Waals surface area contributed by atoms with Crippen LogP contribution in [0.25, 0.3) is 0 Å². The molecule has 5 heteroatoms. The van der Waals surface area contributed by atoms with Gasteiger partial charge in [0, 0.05) is 33.9 Å². The lowest BCUT2D eigenvalue weighted by molar-refractivity contribution is -0.142. The summed E-state index contributed by atoms with van der Waals surface area (Å²) in [5, 5.41) is 9.08. The number of halogens is 1. The molecule has 17 heavy (non-hydrogen) atoms. The molecule has 3 nitrogen and oxygen atoms in total. The van der Waals surface area contributed by atoms with Crippen LogP contribution in [0, 0.1) is 18.8 Å². The fourth-order valence-electron chi connectivity index (χ4n) is 2.33. The Labute approximate surface area is 114 Å². The zero-order chi connectivity index (χ0) is 12.6. The summed E-state index contributed by atoms with van der Waals surface area (Å²) in [6.07, 6.45) is 0. The van der Waals surface area contributed by atoms with Gasteiger partial charge in [0.15, 0.2) is 0 Å². The first kappa shape index (κ1) is 13.1. The Hall–Kier alpha value is -0.390. The summed E-state index contributed by atoms with van der Waals surface area (Å²) in [6.45, 7) is 6.53. The molecule has 1 N–H and O–H groups in total. The van der Waals surface area contributed by atoms with E-state index in [1.807, 2.05) is 6.92 Å². The van der Waals surface area contributed by atoms with Crippen molar-refractivity contribution in [1.29, 1.82) is 0 Å². The number of nitrogens with zero attached hydrogens (tertiary/aromatic N) is 1. The summed E-state index contributed by atoms with van der Waals surface area (Å²) in [5.41, 5.74) is 0. The van der Waals surface area contributed by atoms with E-state index in [0.29, 0.717) is 6.54 Å². The van der Waals surface area contributed by atoms with E-state index in [9.17, 15) is 4.79 Å². The monoisotopic (exact) mass is 317 g/mol. The van der Waals surface area contributed by atoms with Crippen molar-refractivity contribution in [2.24, 2.45) is 11.8 Å². The van der Waals surface area contributed by atoms with Crippen molar-refractivity contribution in [1.82, 2.24) is 4.90 Å². The molecule has 1 aromatic rings. The summed E-state index contributed by atoms with van der Waals surface area (Å²) in [7, 11) is 0. The van der Waals surface area contributed by atoms with Crippen LogP contribution in [0.5, 0.6) is 0 Å². The highest BCUT2D eigenvalue weighted by Crippen LogP contribution is 2.30. The van der Waals surface area contributed by atoms with Gasteiger partial charge in [0.05, 0.1) is 5.92 Å². The van der Waals surface area contributed by atoms with Crippen LogP contribution in [-0.2, 0) is 11.3 Å². The summed E-state index contributed by atoms with van der Waals surface area (Å²) in [4.78, 5) is 15.9. The molecule has 2 heterocycles. The normalized spacial score (nSPS) is 25.4. The predicted octanol–water partition coefficient (Wildman–Crippen LogP) is 2.97. The number of hydrogen-bond acceptors (Lipinski definition) is 3. The Morgan fingerprint density at radius 1 is 1.65 bits per heavy atom. The van der Waals surface area contributed by atoms with Gasteiger partial charge in [0.1, 0.15) is 0 Å². The molecule has 0 saturated carbocycles. The Kier molecular flexibility index (Phi) is 3.90. The Morgan fingerprint density at radius 2 is 2.35 bits per heavy atom. The average molecular weight is 318 g/mol. The van der Waals surface area contributed by atoms with Gasteiger partial charge in [-0.25, -0.2) is 0 Å². The van der Waals surface area contributed by atoms with Crippen LogP contribution in [0.3, 0.4) is 0 Å². The molecule has 0 bridgehead atoms. The topological polar surface area (TPSA) is 40.5 Å². The second-order valence-electron chi connectivity index (χ2n) is 4.73. The second kappa shape index (κ2) is 5.08. The third-order valence-electron chi connectivity index (χ3n) is 3.29. The zero-order valence-electron chi connectivity index (χ0n) is 9.94. The van der Waals surface area contributed by atoms with Gasteiger partial charge in [-0.2, -0.15) is 0 Å². The van der Waals surface area contributed by atoms with Gasteiger partial charge in [-0.05, 0) is 34.8 Å². The number of aliphatic carboxylic acids is 1. The van der Waals surface area contributed by atoms with Crippen LogP contribution in [0.15, 0.2) is 10.5 Å². The van der Waals surface area contributed by atoms with Crippen molar-refractivity contribution in [3.05, 3.63) is 20.3 Å². The van der Waals surface area contributed by atoms with Gasteiger partial charge in [0.2, 0.25) is 0 Å². The molecule has 0 amide bonds. The summed E-state index contributed by atoms with van der Waals surface area (Å²) < 4.78 is 1.15. The van der Waals surface area contributed by atoms with Crippen LogP contribution in [0.4, 0.5) is 0 Å². The highest BCUT2D eigenvalue weighted by Gasteiger charge is 2.34. The van der Waals surface area contributed by atoms with Crippen LogP contribution in [-0.4, -0.2) is 29.1 Å². The predicted molar refractivity (Wildman–Crippen MR) is 72.3 cm³/mol. The molecule has 1 aliphatic heterocycles. The van der Waals surface area contributed by atoms with E-state index in [4.69, 9.17) is 5.11 Å². The second-order valence-corrected chi connectivity index (χ2v) is 6.93. The summed E-state index contributed by atoms with van der Waals surface area (Å²) >= 11 is 5.29. The van der Waals surface area contributed by atoms with E-state index in [1.54, 1.807) is 11.3 Å². The number of carbonyl (C=O) groups is 1. The zero-order valence-corrected chi connectivity index (χ0v) is 12.3. The summed E-state index contributed by atoms with van der Waals surface area (Å²) in [5.74, 6) is -0.625. The summed E-state index contributed by atoms with van der Waals surface area (Å²) in [6, 6.07) is 2.14. The van der Waals surface area contributed by atoms with Crippen LogP contribution < -0.4 is 0 Å². The van der Waals surface area contributed by atoms with Gasteiger partial charge in [0.25, 0.3) is 0 Å². The largest absolute Gasteiger partial charge is 0.481 e. The average Bonchev–Trinajstić information content (AvgIpc) is 2.72. The van der Waals surface area contributed by atoms with Crippen molar-refractivity contribution >= 4 is 33.2 Å². The number of thiophene rings is 1. The molecule has 1 aliphatic rings. The quantitative estimate of drug-likeness (QED) is 0.931. The number of aryl methyl sites for hydroxylation is 1. The van der Waals surface area contributed by atoms with Crippen LogP contribution in [0.1, 0.15) is 16.7 Å². The van der Waals surface area contributed by atoms with E-state index in [2.05, 4.69) is 33.8 Å². The molecule has 0 aliphatic carbocycles. The Bertz CT molecular complexity index is 413. The number of hydrogen-bond donors (Lipinski definition) is 1. The molecular formula is C12H16BrNO2S. The molecule has 2 atom stereocenters. The molecule has 2 rings (SSSR count). The lowest BCUT2D eigenvalue weighted by Crippen LogP contribution is -2.22. The third-order valence-corrected chi connectivity index (χ3v) is 5.41. The van der Waals surface area contributed by atoms with Gasteiger partial charge in [-0.1, -0.05) is 6.92 Å². The fourth-order valence-corrected chi connectivity index (χ4v) is 3.98. The molecule has 1 fully saturated rings. The van der Waals surface area contributed by atoms with Crippen molar-refractivity contribution in [2.45, 2.75) is 20.4 Å². The Balaban J connectivity index is 2.00. The van der Waals surface area contributed by atoms with E-state index in [-0.39, 0.29) is 11.8 Å². The molecule has 94 valence electrons. The molecule has 0 radical (unpaired) electrons. The Morgan fingerprint density at radius 3 is 2.82 bits per heavy atom. The fraction of sp³-hybridized carbons (Fsp3) is 0.583. The lowest BCUT2D eigenvalue weighted by Gasteiger charge is -2.13. The third kappa shape index (κ3) is 2.89. The van der Waals surface area contributed by atoms with Crippen molar-refractivity contribution < 1.29 is 9.90 Å². The standard InChI is InChI=1S/C12H16BrNO2S/c1-7-4-14(6-10(7)12(15)16)5-9-3-11(13)8(2)17-9/h3,7,10H,4-6H2,1-2H3,(H,15,16). The smallest absolute Gasteiger partial charge is 0.308 e. The number of carboxylic acid groups (broad SMARTS) is 1. The molecular weight excluding hydrogens is 302 g/mol. The highest BCUT2D eigenvalue weighted by atomic mass is 79.9. The van der Waals surface area contributed by atoms with E-state index < -0.39 is 5.97 Å². The number of likely N-dealkylation sites (tertiary alicyclic amines) is 1. The first-order valence-corrected chi connectivity index (χ1v) is 7.28. The first-order valence-electron chi connectivity index (χ1n) is 5.67. The highest BCUT2D eigenvalue weighted by molar-refractivity contribution is 9.10. The van der Waals surface area contributed by atoms with Crippen molar-refractivity contribution in [2.75, 3.05) is 13.1 Å². The maximum atomic E-state index is 11.0. The minimum Gasteiger partial charge on any atom is -0.481 e. The van der Waals surface area contributed by atoms with Gasteiger partial charge >= 0.3 is 5.97 Å². The van der Waals surface area contributed by atoms with Crippen molar-refractivity contribution in [3.63, 3.8) is 0 Å². The SMILES string of the molecule is Cc1sc(CN2CC(C)C(C(=O)O)C2)cc1Br. The van der Waals surface area contributed by atoms with Crippen LogP contribution >= 0.6 is 27.3 Å². The lowest BCUT2D eigenvalue weighted by atomic mass is 9.99. The molecule has 1 aromatic heterocycles. The maximum Gasteiger partial charge on any atom is 0.308 e. The minimum atomic E-state index is -0.663. The first-order chi connectivity index (χ1) is 7.97. The number of rotatable bonds is 3. The van der Waals surface area contributed by atoms with E-state index in [0.717, 1.165) is 17.6 Å². The van der Waals surface area contributed by atoms with Gasteiger partial charge < -0.3 is 5.11 Å². The number of carboxylic acids is 1. The minimum absolute atomic E-state index is 0.209. The van der Waals surface area contributed by atoms with Gasteiger partial charge in [-0.15, -0.1) is 11.3 Å². The maximum absolute atomic E-state index is 11.0. The molecule has 0 spiro atoms. The molecule has 2 unspecified atom stereocenters.